The van der Waals surface area contributed by atoms with Gasteiger partial charge in [0.15, 0.2) is 5.96 Å². The monoisotopic (exact) mass is 293 g/mol. The largest absolute Gasteiger partial charge is 0.378 e. The van der Waals surface area contributed by atoms with E-state index in [2.05, 4.69) is 22.5 Å². The van der Waals surface area contributed by atoms with Crippen molar-refractivity contribution in [3.8, 4) is 0 Å². The lowest BCUT2D eigenvalue weighted by Crippen LogP contribution is -2.65. The van der Waals surface area contributed by atoms with Crippen molar-refractivity contribution >= 4 is 5.96 Å². The van der Waals surface area contributed by atoms with Crippen LogP contribution >= 0.6 is 0 Å². The Kier molecular flexibility index (Phi) is 4.72. The molecule has 3 fully saturated rings. The number of hydrogen-bond acceptors (Lipinski definition) is 2. The second kappa shape index (κ2) is 6.55. The summed E-state index contributed by atoms with van der Waals surface area (Å²) in [5.41, 5.74) is 0.378. The van der Waals surface area contributed by atoms with Gasteiger partial charge in [-0.05, 0) is 39.0 Å². The maximum absolute atomic E-state index is 5.99. The Balaban J connectivity index is 1.58. The van der Waals surface area contributed by atoms with Gasteiger partial charge < -0.3 is 15.4 Å². The smallest absolute Gasteiger partial charge is 0.191 e. The van der Waals surface area contributed by atoms with Crippen LogP contribution in [0.15, 0.2) is 4.99 Å². The molecule has 0 aromatic heterocycles. The van der Waals surface area contributed by atoms with Gasteiger partial charge in [-0.25, -0.2) is 0 Å². The lowest BCUT2D eigenvalue weighted by molar-refractivity contribution is -0.125. The zero-order valence-electron chi connectivity index (χ0n) is 13.7. The lowest BCUT2D eigenvalue weighted by Gasteiger charge is -2.54. The number of nitrogens with one attached hydrogen (secondary N) is 2. The van der Waals surface area contributed by atoms with Crippen molar-refractivity contribution in [2.75, 3.05) is 13.7 Å². The van der Waals surface area contributed by atoms with Crippen molar-refractivity contribution in [3.05, 3.63) is 0 Å². The molecule has 0 heterocycles. The Morgan fingerprint density at radius 2 is 1.86 bits per heavy atom. The highest BCUT2D eigenvalue weighted by molar-refractivity contribution is 5.80. The number of ether oxygens (including phenoxy) is 1. The highest BCUT2D eigenvalue weighted by atomic mass is 16.5. The minimum atomic E-state index is 0.378. The van der Waals surface area contributed by atoms with Gasteiger partial charge in [0.1, 0.15) is 0 Å². The molecule has 0 radical (unpaired) electrons. The third-order valence-electron chi connectivity index (χ3n) is 5.92. The standard InChI is InChI=1S/C17H31N3O/c1-3-21-15-12-14(17(15)10-6-7-11-17)20-16(18-2)19-13-8-4-5-9-13/h13-15H,3-12H2,1-2H3,(H2,18,19,20). The molecule has 0 aliphatic heterocycles. The van der Waals surface area contributed by atoms with E-state index in [1.165, 1.54) is 51.4 Å². The fourth-order valence-corrected chi connectivity index (χ4v) is 4.69. The molecule has 3 aliphatic rings. The second-order valence-electron chi connectivity index (χ2n) is 7.01. The van der Waals surface area contributed by atoms with E-state index in [0.29, 0.717) is 23.6 Å². The van der Waals surface area contributed by atoms with Crippen LogP contribution in [0.3, 0.4) is 0 Å². The minimum Gasteiger partial charge on any atom is -0.378 e. The molecule has 3 rings (SSSR count). The minimum absolute atomic E-state index is 0.378. The van der Waals surface area contributed by atoms with E-state index in [1.807, 2.05) is 7.05 Å². The van der Waals surface area contributed by atoms with E-state index in [9.17, 15) is 0 Å². The Hall–Kier alpha value is -0.770. The number of aliphatic imine (C=N–C) groups is 1. The predicted molar refractivity (Wildman–Crippen MR) is 86.6 cm³/mol. The Morgan fingerprint density at radius 1 is 1.14 bits per heavy atom. The predicted octanol–water partition coefficient (Wildman–Crippen LogP) is 2.83. The molecule has 0 bridgehead atoms. The highest BCUT2D eigenvalue weighted by Crippen LogP contribution is 2.54. The van der Waals surface area contributed by atoms with Crippen molar-refractivity contribution in [1.82, 2.24) is 10.6 Å². The van der Waals surface area contributed by atoms with Crippen molar-refractivity contribution in [2.45, 2.75) is 82.9 Å². The van der Waals surface area contributed by atoms with Crippen LogP contribution < -0.4 is 10.6 Å². The third kappa shape index (κ3) is 2.92. The fourth-order valence-electron chi connectivity index (χ4n) is 4.69. The van der Waals surface area contributed by atoms with E-state index in [1.54, 1.807) is 0 Å². The quantitative estimate of drug-likeness (QED) is 0.619. The molecule has 0 saturated heterocycles. The number of nitrogens with zero attached hydrogens (tertiary/aromatic N) is 1. The Bertz CT molecular complexity index is 370. The Labute approximate surface area is 129 Å². The average Bonchev–Trinajstić information content (AvgIpc) is 3.17. The van der Waals surface area contributed by atoms with Crippen LogP contribution in [0.1, 0.15) is 64.7 Å². The van der Waals surface area contributed by atoms with E-state index in [4.69, 9.17) is 4.74 Å². The molecule has 2 N–H and O–H groups in total. The van der Waals surface area contributed by atoms with Crippen LogP contribution in [0, 0.1) is 5.41 Å². The van der Waals surface area contributed by atoms with Crippen LogP contribution in [0.25, 0.3) is 0 Å². The van der Waals surface area contributed by atoms with Crippen LogP contribution in [0.4, 0.5) is 0 Å². The molecule has 1 spiro atoms. The Morgan fingerprint density at radius 3 is 2.48 bits per heavy atom. The van der Waals surface area contributed by atoms with Crippen molar-refractivity contribution in [1.29, 1.82) is 0 Å². The average molecular weight is 293 g/mol. The van der Waals surface area contributed by atoms with Crippen LogP contribution in [-0.2, 0) is 4.74 Å². The van der Waals surface area contributed by atoms with Gasteiger partial charge in [0.25, 0.3) is 0 Å². The normalized spacial score (nSPS) is 32.4. The molecule has 120 valence electrons. The second-order valence-corrected chi connectivity index (χ2v) is 7.01. The lowest BCUT2D eigenvalue weighted by atomic mass is 9.60. The van der Waals surface area contributed by atoms with Gasteiger partial charge in [-0.15, -0.1) is 0 Å². The van der Waals surface area contributed by atoms with Gasteiger partial charge in [0.05, 0.1) is 6.10 Å². The summed E-state index contributed by atoms with van der Waals surface area (Å²) in [5, 5.41) is 7.33. The summed E-state index contributed by atoms with van der Waals surface area (Å²) >= 11 is 0. The van der Waals surface area contributed by atoms with E-state index < -0.39 is 0 Å². The van der Waals surface area contributed by atoms with Crippen molar-refractivity contribution in [3.63, 3.8) is 0 Å². The molecule has 2 unspecified atom stereocenters. The van der Waals surface area contributed by atoms with Gasteiger partial charge in [-0.2, -0.15) is 0 Å². The summed E-state index contributed by atoms with van der Waals surface area (Å²) in [6.07, 6.45) is 12.2. The van der Waals surface area contributed by atoms with Gasteiger partial charge in [-0.3, -0.25) is 4.99 Å². The van der Waals surface area contributed by atoms with Gasteiger partial charge in [0.2, 0.25) is 0 Å². The molecule has 21 heavy (non-hydrogen) atoms. The molecule has 3 saturated carbocycles. The first-order valence-electron chi connectivity index (χ1n) is 8.90. The van der Waals surface area contributed by atoms with Crippen LogP contribution in [0.5, 0.6) is 0 Å². The zero-order chi connectivity index (χ0) is 14.7. The summed E-state index contributed by atoms with van der Waals surface area (Å²) in [6, 6.07) is 1.17. The summed E-state index contributed by atoms with van der Waals surface area (Å²) in [7, 11) is 1.89. The molecule has 4 nitrogen and oxygen atoms in total. The molecular formula is C17H31N3O. The van der Waals surface area contributed by atoms with Crippen LogP contribution in [0.2, 0.25) is 0 Å². The topological polar surface area (TPSA) is 45.6 Å². The first-order valence-corrected chi connectivity index (χ1v) is 8.90. The SMILES string of the molecule is CCOC1CC(NC(=NC)NC2CCCC2)C12CCCC2. The number of rotatable bonds is 4. The first kappa shape index (κ1) is 15.1. The van der Waals surface area contributed by atoms with Gasteiger partial charge >= 0.3 is 0 Å². The molecule has 0 amide bonds. The summed E-state index contributed by atoms with van der Waals surface area (Å²) in [6.45, 7) is 2.96. The van der Waals surface area contributed by atoms with Gasteiger partial charge in [-0.1, -0.05) is 25.7 Å². The molecule has 0 aromatic carbocycles. The van der Waals surface area contributed by atoms with Crippen molar-refractivity contribution in [2.24, 2.45) is 10.4 Å². The summed E-state index contributed by atoms with van der Waals surface area (Å²) < 4.78 is 5.99. The maximum atomic E-state index is 5.99. The third-order valence-corrected chi connectivity index (χ3v) is 5.92. The van der Waals surface area contributed by atoms with E-state index >= 15 is 0 Å². The molecule has 4 heteroatoms. The molecular weight excluding hydrogens is 262 g/mol. The van der Waals surface area contributed by atoms with E-state index in [-0.39, 0.29) is 0 Å². The summed E-state index contributed by atoms with van der Waals surface area (Å²) in [5.74, 6) is 1.01. The number of hydrogen-bond donors (Lipinski definition) is 2. The number of guanidine groups is 1. The molecule has 0 aromatic rings. The fraction of sp³-hybridized carbons (Fsp3) is 0.941. The summed E-state index contributed by atoms with van der Waals surface area (Å²) in [4.78, 5) is 4.45. The molecule has 2 atom stereocenters. The maximum Gasteiger partial charge on any atom is 0.191 e. The molecule has 3 aliphatic carbocycles. The first-order chi connectivity index (χ1) is 10.3. The van der Waals surface area contributed by atoms with Crippen LogP contribution in [-0.4, -0.2) is 37.8 Å². The van der Waals surface area contributed by atoms with Gasteiger partial charge in [0, 0.05) is 31.2 Å². The highest BCUT2D eigenvalue weighted by Gasteiger charge is 2.57. The van der Waals surface area contributed by atoms with E-state index in [0.717, 1.165) is 19.0 Å². The van der Waals surface area contributed by atoms with Crippen molar-refractivity contribution < 1.29 is 4.74 Å². The zero-order valence-corrected chi connectivity index (χ0v) is 13.7.